The lowest BCUT2D eigenvalue weighted by molar-refractivity contribution is 0.120. The van der Waals surface area contributed by atoms with Crippen molar-refractivity contribution in [3.8, 4) is 5.75 Å². The summed E-state index contributed by atoms with van der Waals surface area (Å²) in [5.74, 6) is 1.36. The number of hydrogen-bond acceptors (Lipinski definition) is 3. The van der Waals surface area contributed by atoms with Gasteiger partial charge in [0.05, 0.1) is 6.61 Å². The summed E-state index contributed by atoms with van der Waals surface area (Å²) in [6.45, 7) is 1.92. The van der Waals surface area contributed by atoms with Crippen LogP contribution in [0.1, 0.15) is 19.3 Å². The number of nitrogens with zero attached hydrogens (tertiary/aromatic N) is 2. The van der Waals surface area contributed by atoms with E-state index in [1.54, 1.807) is 6.20 Å². The highest BCUT2D eigenvalue weighted by atomic mass is 16.5. The molecule has 1 aliphatic heterocycles. The van der Waals surface area contributed by atoms with Crippen molar-refractivity contribution < 1.29 is 14.6 Å². The number of para-hydroxylation sites is 1. The van der Waals surface area contributed by atoms with E-state index in [9.17, 15) is 4.79 Å². The van der Waals surface area contributed by atoms with Gasteiger partial charge in [-0.2, -0.15) is 0 Å². The molecule has 5 nitrogen and oxygen atoms in total. The van der Waals surface area contributed by atoms with Crippen molar-refractivity contribution in [1.29, 1.82) is 0 Å². The third-order valence-corrected chi connectivity index (χ3v) is 4.26. The first-order chi connectivity index (χ1) is 10.7. The molecule has 0 unspecified atom stereocenters. The molecule has 116 valence electrons. The normalized spacial score (nSPS) is 15.9. The Morgan fingerprint density at radius 2 is 2.05 bits per heavy atom. The molecule has 2 heterocycles. The number of hydrogen-bond donors (Lipinski definition) is 1. The van der Waals surface area contributed by atoms with Gasteiger partial charge in [-0.15, -0.1) is 0 Å². The fraction of sp³-hybridized carbons (Fsp3) is 0.412. The topological polar surface area (TPSA) is 62.7 Å². The third kappa shape index (κ3) is 3.30. The zero-order chi connectivity index (χ0) is 15.4. The number of carbonyl (C=O) groups is 1. The molecule has 0 spiro atoms. The molecular weight excluding hydrogens is 280 g/mol. The molecule has 1 aromatic carbocycles. The van der Waals surface area contributed by atoms with Crippen LogP contribution in [0.25, 0.3) is 10.9 Å². The Kier molecular flexibility index (Phi) is 4.42. The van der Waals surface area contributed by atoms with Gasteiger partial charge in [-0.3, -0.25) is 4.98 Å². The lowest BCUT2D eigenvalue weighted by atomic mass is 9.94. The van der Waals surface area contributed by atoms with Crippen molar-refractivity contribution in [3.05, 3.63) is 36.5 Å². The van der Waals surface area contributed by atoms with E-state index in [2.05, 4.69) is 4.98 Å². The molecule has 1 fully saturated rings. The van der Waals surface area contributed by atoms with Gasteiger partial charge in [0.15, 0.2) is 0 Å². The molecule has 5 heteroatoms. The average molecular weight is 300 g/mol. The molecule has 1 aliphatic rings. The van der Waals surface area contributed by atoms with Crippen LogP contribution < -0.4 is 4.74 Å². The Labute approximate surface area is 129 Å². The van der Waals surface area contributed by atoms with Gasteiger partial charge in [0.25, 0.3) is 0 Å². The lowest BCUT2D eigenvalue weighted by Crippen LogP contribution is -2.37. The van der Waals surface area contributed by atoms with Gasteiger partial charge in [0.2, 0.25) is 0 Å². The first-order valence-electron chi connectivity index (χ1n) is 7.68. The number of benzene rings is 1. The minimum atomic E-state index is -0.809. The number of rotatable bonds is 4. The van der Waals surface area contributed by atoms with Crippen LogP contribution in [0.4, 0.5) is 4.79 Å². The van der Waals surface area contributed by atoms with Gasteiger partial charge in [0, 0.05) is 24.7 Å². The standard InChI is InChI=1S/C17H20N2O3/c20-17(21)19-10-6-13(7-11-19)8-12-22-15-5-1-3-14-4-2-9-18-16(14)15/h1-5,9,13H,6-8,10-12H2,(H,20,21). The van der Waals surface area contributed by atoms with Gasteiger partial charge in [-0.05, 0) is 37.3 Å². The molecule has 3 rings (SSSR count). The van der Waals surface area contributed by atoms with Crippen LogP contribution in [0.3, 0.4) is 0 Å². The van der Waals surface area contributed by atoms with Gasteiger partial charge in [-0.1, -0.05) is 18.2 Å². The Morgan fingerprint density at radius 3 is 2.82 bits per heavy atom. The predicted octanol–water partition coefficient (Wildman–Crippen LogP) is 3.39. The number of carboxylic acid groups (broad SMARTS) is 1. The van der Waals surface area contributed by atoms with E-state index in [-0.39, 0.29) is 0 Å². The molecule has 0 aliphatic carbocycles. The second kappa shape index (κ2) is 6.64. The number of aromatic nitrogens is 1. The minimum absolute atomic E-state index is 0.540. The van der Waals surface area contributed by atoms with Crippen LogP contribution in [0, 0.1) is 5.92 Å². The second-order valence-electron chi connectivity index (χ2n) is 5.68. The molecule has 0 radical (unpaired) electrons. The summed E-state index contributed by atoms with van der Waals surface area (Å²) in [5, 5.41) is 10.0. The monoisotopic (exact) mass is 300 g/mol. The Bertz CT molecular complexity index is 646. The maximum absolute atomic E-state index is 10.9. The highest BCUT2D eigenvalue weighted by Gasteiger charge is 2.22. The molecule has 2 aromatic rings. The van der Waals surface area contributed by atoms with Crippen molar-refractivity contribution in [2.24, 2.45) is 5.92 Å². The zero-order valence-electron chi connectivity index (χ0n) is 12.4. The number of likely N-dealkylation sites (tertiary alicyclic amines) is 1. The molecule has 1 amide bonds. The van der Waals surface area contributed by atoms with Crippen molar-refractivity contribution in [1.82, 2.24) is 9.88 Å². The van der Waals surface area contributed by atoms with E-state index >= 15 is 0 Å². The van der Waals surface area contributed by atoms with Crippen molar-refractivity contribution in [3.63, 3.8) is 0 Å². The maximum atomic E-state index is 10.9. The molecule has 1 aromatic heterocycles. The molecular formula is C17H20N2O3. The van der Waals surface area contributed by atoms with E-state index in [1.807, 2.05) is 30.3 Å². The van der Waals surface area contributed by atoms with Crippen molar-refractivity contribution >= 4 is 17.0 Å². The van der Waals surface area contributed by atoms with Gasteiger partial charge >= 0.3 is 6.09 Å². The Balaban J connectivity index is 1.52. The number of piperidine rings is 1. The summed E-state index contributed by atoms with van der Waals surface area (Å²) >= 11 is 0. The summed E-state index contributed by atoms with van der Waals surface area (Å²) in [7, 11) is 0. The van der Waals surface area contributed by atoms with Crippen molar-refractivity contribution in [2.45, 2.75) is 19.3 Å². The smallest absolute Gasteiger partial charge is 0.407 e. The van der Waals surface area contributed by atoms with E-state index in [0.29, 0.717) is 25.6 Å². The largest absolute Gasteiger partial charge is 0.491 e. The minimum Gasteiger partial charge on any atom is -0.491 e. The summed E-state index contributed by atoms with van der Waals surface area (Å²) in [5.41, 5.74) is 0.894. The number of pyridine rings is 1. The van der Waals surface area contributed by atoms with Crippen LogP contribution >= 0.6 is 0 Å². The first kappa shape index (κ1) is 14.6. The highest BCUT2D eigenvalue weighted by molar-refractivity contribution is 5.84. The van der Waals surface area contributed by atoms with Crippen LogP contribution in [-0.4, -0.2) is 40.8 Å². The van der Waals surface area contributed by atoms with Crippen LogP contribution in [-0.2, 0) is 0 Å². The zero-order valence-corrected chi connectivity index (χ0v) is 12.4. The van der Waals surface area contributed by atoms with Gasteiger partial charge in [0.1, 0.15) is 11.3 Å². The van der Waals surface area contributed by atoms with E-state index in [0.717, 1.165) is 35.9 Å². The predicted molar refractivity (Wildman–Crippen MR) is 84.2 cm³/mol. The number of amides is 1. The molecule has 0 bridgehead atoms. The number of ether oxygens (including phenoxy) is 1. The summed E-state index contributed by atoms with van der Waals surface area (Å²) in [4.78, 5) is 16.7. The van der Waals surface area contributed by atoms with Gasteiger partial charge < -0.3 is 14.7 Å². The molecule has 0 atom stereocenters. The molecule has 22 heavy (non-hydrogen) atoms. The Morgan fingerprint density at radius 1 is 1.27 bits per heavy atom. The number of fused-ring (bicyclic) bond motifs is 1. The van der Waals surface area contributed by atoms with Crippen LogP contribution in [0.2, 0.25) is 0 Å². The van der Waals surface area contributed by atoms with E-state index < -0.39 is 6.09 Å². The van der Waals surface area contributed by atoms with E-state index in [4.69, 9.17) is 9.84 Å². The van der Waals surface area contributed by atoms with Crippen LogP contribution in [0.5, 0.6) is 5.75 Å². The third-order valence-electron chi connectivity index (χ3n) is 4.26. The second-order valence-corrected chi connectivity index (χ2v) is 5.68. The molecule has 1 saturated heterocycles. The molecule has 0 saturated carbocycles. The quantitative estimate of drug-likeness (QED) is 0.940. The SMILES string of the molecule is O=C(O)N1CCC(CCOc2cccc3cccnc23)CC1. The van der Waals surface area contributed by atoms with Crippen LogP contribution in [0.15, 0.2) is 36.5 Å². The fourth-order valence-electron chi connectivity index (χ4n) is 2.94. The average Bonchev–Trinajstić information content (AvgIpc) is 2.55. The first-order valence-corrected chi connectivity index (χ1v) is 7.68. The maximum Gasteiger partial charge on any atom is 0.407 e. The highest BCUT2D eigenvalue weighted by Crippen LogP contribution is 2.25. The summed E-state index contributed by atoms with van der Waals surface area (Å²) in [6, 6.07) is 9.89. The van der Waals surface area contributed by atoms with E-state index in [1.165, 1.54) is 4.90 Å². The Hall–Kier alpha value is -2.30. The summed E-state index contributed by atoms with van der Waals surface area (Å²) in [6.07, 6.45) is 3.76. The van der Waals surface area contributed by atoms with Gasteiger partial charge in [-0.25, -0.2) is 4.79 Å². The summed E-state index contributed by atoms with van der Waals surface area (Å²) < 4.78 is 5.90. The lowest BCUT2D eigenvalue weighted by Gasteiger charge is -2.29. The molecule has 1 N–H and O–H groups in total. The fourth-order valence-corrected chi connectivity index (χ4v) is 2.94. The van der Waals surface area contributed by atoms with Crippen molar-refractivity contribution in [2.75, 3.05) is 19.7 Å².